The summed E-state index contributed by atoms with van der Waals surface area (Å²) in [5.41, 5.74) is 6.90. The minimum absolute atomic E-state index is 0.136. The second-order valence-electron chi connectivity index (χ2n) is 11.0. The van der Waals surface area contributed by atoms with Crippen molar-refractivity contribution >= 4 is 10.9 Å². The fraction of sp³-hybridized carbons (Fsp3) is 0.483. The summed E-state index contributed by atoms with van der Waals surface area (Å²) in [7, 11) is 0. The number of para-hydroxylation sites is 1. The third-order valence-electron chi connectivity index (χ3n) is 6.42. The highest BCUT2D eigenvalue weighted by Gasteiger charge is 2.26. The Morgan fingerprint density at radius 2 is 1.40 bits per heavy atom. The molecule has 1 heteroatoms. The molecule has 0 radical (unpaired) electrons. The molecule has 0 fully saturated rings. The smallest absolute Gasteiger partial charge is 0.0705 e. The number of fused-ring (bicyclic) bond motifs is 1. The van der Waals surface area contributed by atoms with Gasteiger partial charge in [-0.15, -0.1) is 0 Å². The van der Waals surface area contributed by atoms with Crippen LogP contribution in [0.3, 0.4) is 0 Å². The van der Waals surface area contributed by atoms with Crippen molar-refractivity contribution in [3.63, 3.8) is 0 Å². The maximum absolute atomic E-state index is 5.08. The van der Waals surface area contributed by atoms with Gasteiger partial charge in [0.15, 0.2) is 0 Å². The Hall–Kier alpha value is -2.15. The van der Waals surface area contributed by atoms with Gasteiger partial charge in [-0.05, 0) is 52.0 Å². The van der Waals surface area contributed by atoms with E-state index in [-0.39, 0.29) is 10.8 Å². The summed E-state index contributed by atoms with van der Waals surface area (Å²) in [6, 6.07) is 20.2. The van der Waals surface area contributed by atoms with Crippen LogP contribution in [0.4, 0.5) is 0 Å². The third-order valence-corrected chi connectivity index (χ3v) is 6.42. The second kappa shape index (κ2) is 8.53. The van der Waals surface area contributed by atoms with Crippen molar-refractivity contribution in [3.05, 3.63) is 77.0 Å². The summed E-state index contributed by atoms with van der Waals surface area (Å²) in [5.74, 6) is 0.838. The van der Waals surface area contributed by atoms with Crippen LogP contribution in [-0.2, 0) is 10.8 Å². The Kier molecular flexibility index (Phi) is 6.41. The first-order valence-electron chi connectivity index (χ1n) is 11.5. The van der Waals surface area contributed by atoms with E-state index >= 15 is 0 Å². The molecule has 30 heavy (non-hydrogen) atoms. The maximum atomic E-state index is 5.08. The summed E-state index contributed by atoms with van der Waals surface area (Å²) in [4.78, 5) is 5.08. The van der Waals surface area contributed by atoms with Crippen LogP contribution in [0.25, 0.3) is 10.9 Å². The first-order chi connectivity index (χ1) is 14.0. The van der Waals surface area contributed by atoms with Gasteiger partial charge in [-0.1, -0.05) is 104 Å². The predicted molar refractivity (Wildman–Crippen MR) is 132 cm³/mol. The fourth-order valence-corrected chi connectivity index (χ4v) is 4.27. The fourth-order valence-electron chi connectivity index (χ4n) is 4.27. The van der Waals surface area contributed by atoms with Gasteiger partial charge in [-0.3, -0.25) is 4.98 Å². The molecule has 0 saturated carbocycles. The molecule has 160 valence electrons. The zero-order chi connectivity index (χ0) is 22.1. The number of pyridine rings is 1. The molecule has 1 aromatic heterocycles. The first kappa shape index (κ1) is 22.5. The van der Waals surface area contributed by atoms with E-state index in [9.17, 15) is 0 Å². The van der Waals surface area contributed by atoms with Crippen LogP contribution >= 0.6 is 0 Å². The van der Waals surface area contributed by atoms with E-state index < -0.39 is 0 Å². The lowest BCUT2D eigenvalue weighted by molar-refractivity contribution is 0.511. The van der Waals surface area contributed by atoms with E-state index in [1.54, 1.807) is 0 Å². The van der Waals surface area contributed by atoms with Gasteiger partial charge >= 0.3 is 0 Å². The summed E-state index contributed by atoms with van der Waals surface area (Å²) in [6.45, 7) is 18.6. The molecule has 1 nitrogen and oxygen atoms in total. The van der Waals surface area contributed by atoms with Crippen molar-refractivity contribution < 1.29 is 0 Å². The minimum Gasteiger partial charge on any atom is -0.253 e. The van der Waals surface area contributed by atoms with Gasteiger partial charge in [0.1, 0.15) is 0 Å². The Morgan fingerprint density at radius 3 is 1.97 bits per heavy atom. The molecule has 0 amide bonds. The zero-order valence-corrected chi connectivity index (χ0v) is 20.2. The summed E-state index contributed by atoms with van der Waals surface area (Å²) < 4.78 is 0. The van der Waals surface area contributed by atoms with Gasteiger partial charge in [-0.25, -0.2) is 0 Å². The lowest BCUT2D eigenvalue weighted by Crippen LogP contribution is -2.19. The molecule has 0 aliphatic rings. The van der Waals surface area contributed by atoms with Gasteiger partial charge < -0.3 is 0 Å². The molecule has 0 bridgehead atoms. The molecular formula is C29H39N. The molecule has 0 unspecified atom stereocenters. The lowest BCUT2D eigenvalue weighted by Gasteiger charge is -2.30. The average molecular weight is 402 g/mol. The number of hydrogen-bond donors (Lipinski definition) is 0. The molecule has 1 heterocycles. The SMILES string of the molecule is CCC[C@H](c1ccc2ccccc2n1)[C@H](C)c1cc(C(C)(C)C)cc(C(C)(C)C)c1. The second-order valence-corrected chi connectivity index (χ2v) is 11.0. The van der Waals surface area contributed by atoms with Crippen molar-refractivity contribution in [2.45, 2.75) is 90.9 Å². The number of nitrogens with zero attached hydrogens (tertiary/aromatic N) is 1. The van der Waals surface area contributed by atoms with E-state index in [0.29, 0.717) is 11.8 Å². The molecule has 0 saturated heterocycles. The standard InChI is InChI=1S/C29H39N/c1-9-12-25(27-16-15-21-13-10-11-14-26(21)30-27)20(2)22-17-23(28(3,4)5)19-24(18-22)29(6,7)8/h10-11,13-20,25H,9,12H2,1-8H3/t20-,25+/m1/s1. The molecule has 3 aromatic rings. The molecule has 0 N–H and O–H groups in total. The maximum Gasteiger partial charge on any atom is 0.0705 e. The summed E-state index contributed by atoms with van der Waals surface area (Å²) in [6.07, 6.45) is 2.31. The van der Waals surface area contributed by atoms with Gasteiger partial charge in [0.05, 0.1) is 5.52 Å². The monoisotopic (exact) mass is 401 g/mol. The number of rotatable bonds is 5. The van der Waals surface area contributed by atoms with Gasteiger partial charge in [0.2, 0.25) is 0 Å². The Balaban J connectivity index is 2.09. The average Bonchev–Trinajstić information content (AvgIpc) is 2.69. The summed E-state index contributed by atoms with van der Waals surface area (Å²) in [5, 5.41) is 1.22. The van der Waals surface area contributed by atoms with E-state index in [2.05, 4.69) is 110 Å². The van der Waals surface area contributed by atoms with E-state index in [4.69, 9.17) is 4.98 Å². The number of benzene rings is 2. The Morgan fingerprint density at radius 1 is 0.800 bits per heavy atom. The molecular weight excluding hydrogens is 362 g/mol. The van der Waals surface area contributed by atoms with Crippen LogP contribution in [0.1, 0.15) is 102 Å². The predicted octanol–water partition coefficient (Wildman–Crippen LogP) is 8.52. The normalized spacial score (nSPS) is 14.7. The van der Waals surface area contributed by atoms with Gasteiger partial charge in [0, 0.05) is 17.0 Å². The van der Waals surface area contributed by atoms with Gasteiger partial charge in [-0.2, -0.15) is 0 Å². The van der Waals surface area contributed by atoms with Crippen LogP contribution in [0.2, 0.25) is 0 Å². The summed E-state index contributed by atoms with van der Waals surface area (Å²) >= 11 is 0. The molecule has 0 aliphatic carbocycles. The largest absolute Gasteiger partial charge is 0.253 e. The topological polar surface area (TPSA) is 12.9 Å². The minimum atomic E-state index is 0.136. The Bertz CT molecular complexity index is 969. The first-order valence-corrected chi connectivity index (χ1v) is 11.5. The van der Waals surface area contributed by atoms with Gasteiger partial charge in [0.25, 0.3) is 0 Å². The highest BCUT2D eigenvalue weighted by atomic mass is 14.7. The van der Waals surface area contributed by atoms with Crippen molar-refractivity contribution in [2.24, 2.45) is 0 Å². The van der Waals surface area contributed by atoms with E-state index in [1.165, 1.54) is 27.8 Å². The Labute approximate surface area is 183 Å². The quantitative estimate of drug-likeness (QED) is 0.417. The zero-order valence-electron chi connectivity index (χ0n) is 20.2. The lowest BCUT2D eigenvalue weighted by atomic mass is 9.75. The molecule has 2 aromatic carbocycles. The molecule has 0 spiro atoms. The van der Waals surface area contributed by atoms with Crippen LogP contribution in [0, 0.1) is 0 Å². The van der Waals surface area contributed by atoms with Crippen molar-refractivity contribution in [2.75, 3.05) is 0 Å². The van der Waals surface area contributed by atoms with E-state index in [1.807, 2.05) is 0 Å². The van der Waals surface area contributed by atoms with Crippen LogP contribution < -0.4 is 0 Å². The highest BCUT2D eigenvalue weighted by Crippen LogP contribution is 2.39. The number of hydrogen-bond acceptors (Lipinski definition) is 1. The van der Waals surface area contributed by atoms with Crippen molar-refractivity contribution in [1.82, 2.24) is 4.98 Å². The van der Waals surface area contributed by atoms with Crippen molar-refractivity contribution in [3.8, 4) is 0 Å². The third kappa shape index (κ3) is 4.94. The van der Waals surface area contributed by atoms with Crippen LogP contribution in [0.15, 0.2) is 54.6 Å². The molecule has 0 aliphatic heterocycles. The number of aromatic nitrogens is 1. The highest BCUT2D eigenvalue weighted by molar-refractivity contribution is 5.78. The molecule has 2 atom stereocenters. The van der Waals surface area contributed by atoms with Crippen LogP contribution in [0.5, 0.6) is 0 Å². The van der Waals surface area contributed by atoms with E-state index in [0.717, 1.165) is 18.4 Å². The van der Waals surface area contributed by atoms with Crippen molar-refractivity contribution in [1.29, 1.82) is 0 Å². The van der Waals surface area contributed by atoms with Crippen LogP contribution in [-0.4, -0.2) is 4.98 Å². The molecule has 3 rings (SSSR count).